The van der Waals surface area contributed by atoms with Crippen LogP contribution in [-0.4, -0.2) is 82.2 Å². The van der Waals surface area contributed by atoms with Crippen molar-refractivity contribution in [3.63, 3.8) is 0 Å². The average molecular weight is 361 g/mol. The minimum Gasteiger partial charge on any atom is -0.342 e. The summed E-state index contributed by atoms with van der Waals surface area (Å²) in [7, 11) is 3.90. The Balaban J connectivity index is 1.42. The molecule has 1 aliphatic carbocycles. The van der Waals surface area contributed by atoms with Crippen LogP contribution in [0.15, 0.2) is 0 Å². The molecule has 3 fully saturated rings. The molecule has 3 heterocycles. The Morgan fingerprint density at radius 1 is 1.04 bits per heavy atom. The number of amides is 1. The third kappa shape index (κ3) is 3.93. The number of piperidine rings is 1. The van der Waals surface area contributed by atoms with Crippen LogP contribution in [0.25, 0.3) is 0 Å². The molecule has 7 nitrogen and oxygen atoms in total. The first-order chi connectivity index (χ1) is 12.6. The largest absolute Gasteiger partial charge is 0.342 e. The lowest BCUT2D eigenvalue weighted by molar-refractivity contribution is -0.132. The second-order valence-electron chi connectivity index (χ2n) is 8.45. The molecule has 1 aromatic rings. The van der Waals surface area contributed by atoms with E-state index in [-0.39, 0.29) is 5.91 Å². The number of likely N-dealkylation sites (N-methyl/N-ethyl adjacent to an activating group) is 1. The normalized spacial score (nSPS) is 22.5. The fraction of sp³-hybridized carbons (Fsp3) is 0.842. The van der Waals surface area contributed by atoms with Gasteiger partial charge in [-0.3, -0.25) is 9.69 Å². The van der Waals surface area contributed by atoms with E-state index in [2.05, 4.69) is 19.7 Å². The summed E-state index contributed by atoms with van der Waals surface area (Å²) < 4.78 is 2.46. The van der Waals surface area contributed by atoms with E-state index in [0.29, 0.717) is 18.5 Å². The van der Waals surface area contributed by atoms with E-state index in [1.54, 1.807) is 0 Å². The highest BCUT2D eigenvalue weighted by Crippen LogP contribution is 2.40. The van der Waals surface area contributed by atoms with Crippen LogP contribution in [0.1, 0.15) is 62.1 Å². The van der Waals surface area contributed by atoms with Crippen LogP contribution in [-0.2, 0) is 11.3 Å². The summed E-state index contributed by atoms with van der Waals surface area (Å²) in [6, 6.07) is 0.617. The fourth-order valence-electron chi connectivity index (χ4n) is 4.35. The molecular weight excluding hydrogens is 328 g/mol. The van der Waals surface area contributed by atoms with E-state index >= 15 is 0 Å². The highest BCUT2D eigenvalue weighted by molar-refractivity contribution is 5.78. The molecule has 7 heteroatoms. The van der Waals surface area contributed by atoms with Gasteiger partial charge in [0.25, 0.3) is 0 Å². The van der Waals surface area contributed by atoms with E-state index in [9.17, 15) is 4.79 Å². The van der Waals surface area contributed by atoms with Gasteiger partial charge in [0.05, 0.1) is 13.1 Å². The second-order valence-corrected chi connectivity index (χ2v) is 8.45. The second kappa shape index (κ2) is 7.64. The van der Waals surface area contributed by atoms with Crippen molar-refractivity contribution in [3.8, 4) is 0 Å². The minimum absolute atomic E-state index is 0.242. The quantitative estimate of drug-likeness (QED) is 0.769. The monoisotopic (exact) mass is 360 g/mol. The molecule has 4 rings (SSSR count). The van der Waals surface area contributed by atoms with Crippen molar-refractivity contribution in [2.45, 2.75) is 57.0 Å². The van der Waals surface area contributed by atoms with Gasteiger partial charge in [-0.1, -0.05) is 0 Å². The zero-order valence-electron chi connectivity index (χ0n) is 16.2. The zero-order chi connectivity index (χ0) is 18.1. The van der Waals surface area contributed by atoms with Crippen LogP contribution in [0, 0.1) is 0 Å². The van der Waals surface area contributed by atoms with E-state index in [1.807, 2.05) is 23.9 Å². The van der Waals surface area contributed by atoms with Crippen LogP contribution in [0.2, 0.25) is 0 Å². The molecule has 26 heavy (non-hydrogen) atoms. The number of carbonyl (C=O) groups is 1. The molecule has 1 aromatic heterocycles. The van der Waals surface area contributed by atoms with E-state index in [0.717, 1.165) is 38.3 Å². The summed E-state index contributed by atoms with van der Waals surface area (Å²) in [6.45, 7) is 5.53. The molecule has 0 unspecified atom stereocenters. The predicted octanol–water partition coefficient (Wildman–Crippen LogP) is 1.48. The number of nitrogens with zero attached hydrogens (tertiary/aromatic N) is 6. The summed E-state index contributed by atoms with van der Waals surface area (Å²) in [5.41, 5.74) is 0. The van der Waals surface area contributed by atoms with Crippen LogP contribution in [0.4, 0.5) is 0 Å². The lowest BCUT2D eigenvalue weighted by atomic mass is 9.95. The van der Waals surface area contributed by atoms with Crippen molar-refractivity contribution in [2.24, 2.45) is 0 Å². The summed E-state index contributed by atoms with van der Waals surface area (Å²) >= 11 is 0. The molecule has 1 saturated carbocycles. The van der Waals surface area contributed by atoms with Crippen molar-refractivity contribution in [2.75, 3.05) is 46.8 Å². The summed E-state index contributed by atoms with van der Waals surface area (Å²) in [5.74, 6) is 3.03. The van der Waals surface area contributed by atoms with Crippen LogP contribution < -0.4 is 0 Å². The average Bonchev–Trinajstić information content (AvgIpc) is 3.16. The Bertz CT molecular complexity index is 624. The molecule has 0 aromatic carbocycles. The maximum Gasteiger partial charge on any atom is 0.236 e. The Kier molecular flexibility index (Phi) is 5.27. The SMILES string of the molecule is CN(C)CC(=O)N1CCC(c2nnc(CN3CCCC3)n2C2CC2)CC1. The first kappa shape index (κ1) is 17.9. The Morgan fingerprint density at radius 2 is 1.73 bits per heavy atom. The van der Waals surface area contributed by atoms with Gasteiger partial charge in [-0.2, -0.15) is 0 Å². The van der Waals surface area contributed by atoms with Gasteiger partial charge in [0.15, 0.2) is 0 Å². The smallest absolute Gasteiger partial charge is 0.236 e. The lowest BCUT2D eigenvalue weighted by Crippen LogP contribution is -2.42. The zero-order valence-corrected chi connectivity index (χ0v) is 16.2. The molecule has 2 saturated heterocycles. The van der Waals surface area contributed by atoms with Gasteiger partial charge in [0, 0.05) is 25.0 Å². The van der Waals surface area contributed by atoms with Crippen LogP contribution >= 0.6 is 0 Å². The van der Waals surface area contributed by atoms with Crippen LogP contribution in [0.5, 0.6) is 0 Å². The van der Waals surface area contributed by atoms with Gasteiger partial charge < -0.3 is 14.4 Å². The van der Waals surface area contributed by atoms with E-state index in [1.165, 1.54) is 44.6 Å². The molecule has 144 valence electrons. The van der Waals surface area contributed by atoms with Gasteiger partial charge in [0.2, 0.25) is 5.91 Å². The topological polar surface area (TPSA) is 57.5 Å². The lowest BCUT2D eigenvalue weighted by Gasteiger charge is -2.32. The molecular formula is C19H32N6O. The van der Waals surface area contributed by atoms with Gasteiger partial charge in [-0.05, 0) is 65.7 Å². The number of hydrogen-bond acceptors (Lipinski definition) is 5. The molecule has 0 radical (unpaired) electrons. The summed E-state index contributed by atoms with van der Waals surface area (Å²) in [5, 5.41) is 9.23. The highest BCUT2D eigenvalue weighted by atomic mass is 16.2. The van der Waals surface area contributed by atoms with Crippen molar-refractivity contribution in [3.05, 3.63) is 11.6 Å². The van der Waals surface area contributed by atoms with Crippen molar-refractivity contribution >= 4 is 5.91 Å². The van der Waals surface area contributed by atoms with E-state index in [4.69, 9.17) is 0 Å². The highest BCUT2D eigenvalue weighted by Gasteiger charge is 2.34. The van der Waals surface area contributed by atoms with Gasteiger partial charge in [-0.25, -0.2) is 0 Å². The standard InChI is InChI=1S/C19H32N6O/c1-22(2)14-18(26)24-11-7-15(8-12-24)19-21-20-17(25(19)16-5-6-16)13-23-9-3-4-10-23/h15-16H,3-14H2,1-2H3. The number of hydrogen-bond donors (Lipinski definition) is 0. The third-order valence-electron chi connectivity index (χ3n) is 5.93. The fourth-order valence-corrected chi connectivity index (χ4v) is 4.35. The first-order valence-electron chi connectivity index (χ1n) is 10.2. The van der Waals surface area contributed by atoms with E-state index < -0.39 is 0 Å². The molecule has 0 atom stereocenters. The number of likely N-dealkylation sites (tertiary alicyclic amines) is 2. The molecule has 3 aliphatic rings. The van der Waals surface area contributed by atoms with Gasteiger partial charge in [0.1, 0.15) is 11.6 Å². The predicted molar refractivity (Wildman–Crippen MR) is 99.9 cm³/mol. The molecule has 0 bridgehead atoms. The Hall–Kier alpha value is -1.47. The van der Waals surface area contributed by atoms with Crippen molar-refractivity contribution in [1.82, 2.24) is 29.5 Å². The third-order valence-corrected chi connectivity index (χ3v) is 5.93. The molecule has 2 aliphatic heterocycles. The van der Waals surface area contributed by atoms with Gasteiger partial charge >= 0.3 is 0 Å². The maximum atomic E-state index is 12.3. The maximum absolute atomic E-state index is 12.3. The number of rotatable bonds is 6. The first-order valence-corrected chi connectivity index (χ1v) is 10.2. The minimum atomic E-state index is 0.242. The summed E-state index contributed by atoms with van der Waals surface area (Å²) in [4.78, 5) is 18.7. The number of aromatic nitrogens is 3. The summed E-state index contributed by atoms with van der Waals surface area (Å²) in [6.07, 6.45) is 7.16. The molecule has 0 spiro atoms. The Morgan fingerprint density at radius 3 is 2.35 bits per heavy atom. The Labute approximate surface area is 156 Å². The van der Waals surface area contributed by atoms with Gasteiger partial charge in [-0.15, -0.1) is 10.2 Å². The molecule has 0 N–H and O–H groups in total. The van der Waals surface area contributed by atoms with Crippen molar-refractivity contribution in [1.29, 1.82) is 0 Å². The number of carbonyl (C=O) groups excluding carboxylic acids is 1. The molecule has 1 amide bonds. The van der Waals surface area contributed by atoms with Crippen LogP contribution in [0.3, 0.4) is 0 Å². The van der Waals surface area contributed by atoms with Crippen molar-refractivity contribution < 1.29 is 4.79 Å².